The Morgan fingerprint density at radius 3 is 2.79 bits per heavy atom. The summed E-state index contributed by atoms with van der Waals surface area (Å²) in [5.74, 6) is 0.470. The number of rotatable bonds is 3. The second-order valence-corrected chi connectivity index (χ2v) is 6.40. The molecule has 1 aromatic rings. The molecule has 2 fully saturated rings. The maximum Gasteiger partial charge on any atom is 0.123 e. The van der Waals surface area contributed by atoms with Gasteiger partial charge in [-0.05, 0) is 30.5 Å². The molecular weight excluding hydrogens is 241 g/mol. The van der Waals surface area contributed by atoms with Crippen LogP contribution in [0, 0.1) is 17.2 Å². The third-order valence-corrected chi connectivity index (χ3v) is 4.77. The van der Waals surface area contributed by atoms with Gasteiger partial charge in [-0.2, -0.15) is 0 Å². The molecule has 0 unspecified atom stereocenters. The summed E-state index contributed by atoms with van der Waals surface area (Å²) in [4.78, 5) is 0. The first-order valence-corrected chi connectivity index (χ1v) is 7.18. The van der Waals surface area contributed by atoms with Gasteiger partial charge < -0.3 is 10.1 Å². The lowest BCUT2D eigenvalue weighted by Crippen LogP contribution is -2.69. The summed E-state index contributed by atoms with van der Waals surface area (Å²) in [5, 5.41) is 3.64. The summed E-state index contributed by atoms with van der Waals surface area (Å²) in [6.45, 7) is 6.27. The molecule has 0 radical (unpaired) electrons. The van der Waals surface area contributed by atoms with Crippen LogP contribution >= 0.6 is 0 Å². The van der Waals surface area contributed by atoms with Crippen molar-refractivity contribution in [3.05, 3.63) is 35.6 Å². The first-order valence-electron chi connectivity index (χ1n) is 7.18. The van der Waals surface area contributed by atoms with E-state index >= 15 is 0 Å². The number of nitrogens with one attached hydrogen (secondary N) is 1. The molecule has 1 aliphatic heterocycles. The van der Waals surface area contributed by atoms with E-state index in [1.54, 1.807) is 0 Å². The number of ether oxygens (including phenoxy) is 1. The fraction of sp³-hybridized carbons (Fsp3) is 0.625. The molecule has 104 valence electrons. The molecule has 0 amide bonds. The van der Waals surface area contributed by atoms with Crippen molar-refractivity contribution < 1.29 is 9.13 Å². The van der Waals surface area contributed by atoms with Gasteiger partial charge in [0.15, 0.2) is 0 Å². The van der Waals surface area contributed by atoms with Crippen molar-refractivity contribution >= 4 is 0 Å². The normalized spacial score (nSPS) is 32.5. The molecular formula is C16H22FNO. The highest BCUT2D eigenvalue weighted by molar-refractivity contribution is 5.17. The third-order valence-electron chi connectivity index (χ3n) is 4.77. The highest BCUT2D eigenvalue weighted by Crippen LogP contribution is 2.51. The molecule has 1 saturated carbocycles. The summed E-state index contributed by atoms with van der Waals surface area (Å²) in [6, 6.07) is 7.25. The molecule has 2 aliphatic rings. The Morgan fingerprint density at radius 2 is 2.05 bits per heavy atom. The molecule has 1 aromatic carbocycles. The first kappa shape index (κ1) is 13.1. The maximum atomic E-state index is 12.9. The Morgan fingerprint density at radius 1 is 1.32 bits per heavy atom. The molecule has 0 spiro atoms. The van der Waals surface area contributed by atoms with Crippen molar-refractivity contribution in [2.24, 2.45) is 11.3 Å². The summed E-state index contributed by atoms with van der Waals surface area (Å²) in [5.41, 5.74) is 1.34. The molecule has 1 aliphatic carbocycles. The van der Waals surface area contributed by atoms with Crippen LogP contribution in [0.5, 0.6) is 0 Å². The zero-order valence-corrected chi connectivity index (χ0v) is 11.7. The standard InChI is InChI=1S/C16H22FNO/c1-16(2)14(13-4-3-9-19-15(13)16)18-10-11-5-7-12(17)8-6-11/h5-8,13-15,18H,3-4,9-10H2,1-2H3/t13-,14-,15-/m1/s1. The van der Waals surface area contributed by atoms with Gasteiger partial charge in [-0.25, -0.2) is 4.39 Å². The molecule has 3 heteroatoms. The zero-order chi connectivity index (χ0) is 13.5. The first-order chi connectivity index (χ1) is 9.09. The summed E-state index contributed by atoms with van der Waals surface area (Å²) in [6.07, 6.45) is 2.84. The van der Waals surface area contributed by atoms with Crippen LogP contribution in [0.3, 0.4) is 0 Å². The van der Waals surface area contributed by atoms with Crippen LogP contribution in [0.4, 0.5) is 4.39 Å². The monoisotopic (exact) mass is 263 g/mol. The van der Waals surface area contributed by atoms with Gasteiger partial charge in [0.05, 0.1) is 6.10 Å². The van der Waals surface area contributed by atoms with Gasteiger partial charge in [-0.1, -0.05) is 26.0 Å². The number of benzene rings is 1. The fourth-order valence-corrected chi connectivity index (χ4v) is 3.77. The Labute approximate surface area is 114 Å². The maximum absolute atomic E-state index is 12.9. The van der Waals surface area contributed by atoms with E-state index in [4.69, 9.17) is 4.74 Å². The third kappa shape index (κ3) is 2.30. The van der Waals surface area contributed by atoms with Gasteiger partial charge in [-0.3, -0.25) is 0 Å². The Kier molecular flexibility index (Phi) is 3.35. The molecule has 1 heterocycles. The van der Waals surface area contributed by atoms with E-state index in [-0.39, 0.29) is 11.2 Å². The van der Waals surface area contributed by atoms with Gasteiger partial charge >= 0.3 is 0 Å². The molecule has 1 N–H and O–H groups in total. The summed E-state index contributed by atoms with van der Waals surface area (Å²) in [7, 11) is 0. The second-order valence-electron chi connectivity index (χ2n) is 6.40. The van der Waals surface area contributed by atoms with Gasteiger partial charge in [0.1, 0.15) is 5.82 Å². The zero-order valence-electron chi connectivity index (χ0n) is 11.7. The number of hydrogen-bond acceptors (Lipinski definition) is 2. The lowest BCUT2D eigenvalue weighted by atomic mass is 9.55. The van der Waals surface area contributed by atoms with Crippen molar-refractivity contribution in [3.8, 4) is 0 Å². The van der Waals surface area contributed by atoms with Crippen LogP contribution in [-0.4, -0.2) is 18.8 Å². The van der Waals surface area contributed by atoms with E-state index in [9.17, 15) is 4.39 Å². The minimum atomic E-state index is -0.173. The molecule has 3 atom stereocenters. The highest BCUT2D eigenvalue weighted by atomic mass is 19.1. The van der Waals surface area contributed by atoms with E-state index in [0.717, 1.165) is 18.7 Å². The predicted molar refractivity (Wildman–Crippen MR) is 73.3 cm³/mol. The van der Waals surface area contributed by atoms with Crippen molar-refractivity contribution in [2.45, 2.75) is 45.4 Å². The van der Waals surface area contributed by atoms with Gasteiger partial charge in [0.2, 0.25) is 0 Å². The smallest absolute Gasteiger partial charge is 0.123 e. The quantitative estimate of drug-likeness (QED) is 0.904. The Balaban J connectivity index is 1.62. The van der Waals surface area contributed by atoms with Crippen LogP contribution in [-0.2, 0) is 11.3 Å². The number of halogens is 1. The Bertz CT molecular complexity index is 443. The summed E-state index contributed by atoms with van der Waals surface area (Å²) >= 11 is 0. The minimum absolute atomic E-state index is 0.173. The summed E-state index contributed by atoms with van der Waals surface area (Å²) < 4.78 is 18.8. The average Bonchev–Trinajstić information content (AvgIpc) is 2.41. The van der Waals surface area contributed by atoms with E-state index < -0.39 is 0 Å². The van der Waals surface area contributed by atoms with Crippen LogP contribution in [0.2, 0.25) is 0 Å². The highest BCUT2D eigenvalue weighted by Gasteiger charge is 2.57. The average molecular weight is 263 g/mol. The lowest BCUT2D eigenvalue weighted by molar-refractivity contribution is -0.192. The van der Waals surface area contributed by atoms with Crippen LogP contribution < -0.4 is 5.32 Å². The van der Waals surface area contributed by atoms with E-state index in [0.29, 0.717) is 18.1 Å². The minimum Gasteiger partial charge on any atom is -0.377 e. The van der Waals surface area contributed by atoms with Crippen molar-refractivity contribution in [2.75, 3.05) is 6.61 Å². The SMILES string of the molecule is CC1(C)[C@H](NCc2ccc(F)cc2)[C@H]2CCCO[C@H]21. The fourth-order valence-electron chi connectivity index (χ4n) is 3.77. The van der Waals surface area contributed by atoms with Crippen LogP contribution in [0.15, 0.2) is 24.3 Å². The van der Waals surface area contributed by atoms with E-state index in [2.05, 4.69) is 19.2 Å². The molecule has 2 nitrogen and oxygen atoms in total. The number of hydrogen-bond donors (Lipinski definition) is 1. The molecule has 1 saturated heterocycles. The van der Waals surface area contributed by atoms with Crippen molar-refractivity contribution in [1.82, 2.24) is 5.32 Å². The van der Waals surface area contributed by atoms with E-state index in [1.807, 2.05) is 12.1 Å². The van der Waals surface area contributed by atoms with Crippen molar-refractivity contribution in [1.29, 1.82) is 0 Å². The molecule has 3 rings (SSSR count). The van der Waals surface area contributed by atoms with Crippen molar-refractivity contribution in [3.63, 3.8) is 0 Å². The van der Waals surface area contributed by atoms with Gasteiger partial charge in [0.25, 0.3) is 0 Å². The predicted octanol–water partition coefficient (Wildman–Crippen LogP) is 3.12. The lowest BCUT2D eigenvalue weighted by Gasteiger charge is -2.60. The van der Waals surface area contributed by atoms with Gasteiger partial charge in [0, 0.05) is 30.5 Å². The molecule has 0 bridgehead atoms. The second kappa shape index (κ2) is 4.88. The van der Waals surface area contributed by atoms with E-state index in [1.165, 1.54) is 25.0 Å². The van der Waals surface area contributed by atoms with Crippen LogP contribution in [0.25, 0.3) is 0 Å². The topological polar surface area (TPSA) is 21.3 Å². The number of fused-ring (bicyclic) bond motifs is 1. The molecule has 0 aromatic heterocycles. The van der Waals surface area contributed by atoms with Crippen LogP contribution in [0.1, 0.15) is 32.3 Å². The largest absolute Gasteiger partial charge is 0.377 e. The molecule has 19 heavy (non-hydrogen) atoms. The Hall–Kier alpha value is -0.930. The van der Waals surface area contributed by atoms with Gasteiger partial charge in [-0.15, -0.1) is 0 Å².